The first kappa shape index (κ1) is 13.8. The van der Waals surface area contributed by atoms with E-state index < -0.39 is 0 Å². The molecule has 3 rings (SSSR count). The molecule has 2 heterocycles. The molecule has 2 aliphatic rings. The van der Waals surface area contributed by atoms with Crippen LogP contribution in [0.1, 0.15) is 31.2 Å². The average molecular weight is 274 g/mol. The molecule has 0 aromatic heterocycles. The maximum atomic E-state index is 13.1. The number of carbonyl (C=O) groups excluding carboxylic acids is 1. The highest BCUT2D eigenvalue weighted by molar-refractivity contribution is 5.92. The van der Waals surface area contributed by atoms with Crippen LogP contribution < -0.4 is 0 Å². The van der Waals surface area contributed by atoms with Gasteiger partial charge in [-0.3, -0.25) is 4.79 Å². The first-order valence-corrected chi connectivity index (χ1v) is 7.58. The van der Waals surface area contributed by atoms with Gasteiger partial charge in [0.1, 0.15) is 5.78 Å². The smallest absolute Gasteiger partial charge is 0.148 e. The summed E-state index contributed by atoms with van der Waals surface area (Å²) in [4.78, 5) is 13.1. The lowest BCUT2D eigenvalue weighted by Gasteiger charge is -2.39. The van der Waals surface area contributed by atoms with Crippen LogP contribution in [-0.4, -0.2) is 32.2 Å². The minimum Gasteiger partial charge on any atom is -0.381 e. The van der Waals surface area contributed by atoms with Gasteiger partial charge in [-0.1, -0.05) is 30.3 Å². The van der Waals surface area contributed by atoms with E-state index in [0.29, 0.717) is 25.6 Å². The van der Waals surface area contributed by atoms with Crippen LogP contribution in [0.2, 0.25) is 0 Å². The molecule has 0 amide bonds. The molecule has 20 heavy (non-hydrogen) atoms. The van der Waals surface area contributed by atoms with Crippen molar-refractivity contribution >= 4 is 5.78 Å². The Labute approximate surface area is 120 Å². The highest BCUT2D eigenvalue weighted by Gasteiger charge is 2.44. The predicted molar refractivity (Wildman–Crippen MR) is 76.7 cm³/mol. The van der Waals surface area contributed by atoms with Gasteiger partial charge >= 0.3 is 0 Å². The fraction of sp³-hybridized carbons (Fsp3) is 0.588. The quantitative estimate of drug-likeness (QED) is 0.850. The van der Waals surface area contributed by atoms with Crippen LogP contribution in [0.15, 0.2) is 30.3 Å². The Morgan fingerprint density at radius 1 is 1.05 bits per heavy atom. The molecule has 1 aromatic carbocycles. The summed E-state index contributed by atoms with van der Waals surface area (Å²) < 4.78 is 11.0. The highest BCUT2D eigenvalue weighted by Crippen LogP contribution is 2.39. The molecule has 0 saturated carbocycles. The van der Waals surface area contributed by atoms with Crippen LogP contribution in [-0.2, 0) is 19.7 Å². The number of carbonyl (C=O) groups is 1. The fourth-order valence-corrected chi connectivity index (χ4v) is 3.49. The molecule has 2 saturated heterocycles. The topological polar surface area (TPSA) is 35.5 Å². The maximum absolute atomic E-state index is 13.1. The molecule has 1 unspecified atom stereocenters. The lowest BCUT2D eigenvalue weighted by Crippen LogP contribution is -2.46. The second-order valence-electron chi connectivity index (χ2n) is 5.84. The van der Waals surface area contributed by atoms with Crippen LogP contribution in [0.25, 0.3) is 0 Å². The van der Waals surface area contributed by atoms with Gasteiger partial charge in [0, 0.05) is 25.7 Å². The number of Topliss-reactive ketones (excluding diaryl/α,β-unsaturated/α-hetero) is 1. The molecule has 2 aliphatic heterocycles. The molecule has 0 spiro atoms. The summed E-state index contributed by atoms with van der Waals surface area (Å²) in [6.45, 7) is 2.74. The number of ether oxygens (including phenoxy) is 2. The monoisotopic (exact) mass is 274 g/mol. The first-order valence-electron chi connectivity index (χ1n) is 7.58. The largest absolute Gasteiger partial charge is 0.381 e. The average Bonchev–Trinajstić information content (AvgIpc) is 2.56. The van der Waals surface area contributed by atoms with Gasteiger partial charge in [0.25, 0.3) is 0 Å². The van der Waals surface area contributed by atoms with Crippen molar-refractivity contribution in [1.29, 1.82) is 0 Å². The second-order valence-corrected chi connectivity index (χ2v) is 5.84. The second kappa shape index (κ2) is 6.06. The zero-order valence-electron chi connectivity index (χ0n) is 11.8. The van der Waals surface area contributed by atoms with Crippen molar-refractivity contribution in [3.8, 4) is 0 Å². The van der Waals surface area contributed by atoms with Gasteiger partial charge in [-0.15, -0.1) is 0 Å². The number of ketones is 1. The number of rotatable bonds is 3. The number of hydrogen-bond donors (Lipinski definition) is 0. The van der Waals surface area contributed by atoms with E-state index in [1.54, 1.807) is 0 Å². The molecule has 1 aromatic rings. The minimum atomic E-state index is -0.356. The Balaban J connectivity index is 1.91. The zero-order valence-corrected chi connectivity index (χ0v) is 11.8. The summed E-state index contributed by atoms with van der Waals surface area (Å²) in [6.07, 6.45) is 3.56. The Morgan fingerprint density at radius 3 is 2.45 bits per heavy atom. The molecule has 0 aliphatic carbocycles. The SMILES string of the molecule is O=C(C1CCCOC1)C1(c2ccccc2)CCOCC1. The van der Waals surface area contributed by atoms with Crippen LogP contribution in [0.4, 0.5) is 0 Å². The van der Waals surface area contributed by atoms with Crippen molar-refractivity contribution in [1.82, 2.24) is 0 Å². The normalized spacial score (nSPS) is 26.1. The summed E-state index contributed by atoms with van der Waals surface area (Å²) in [7, 11) is 0. The van der Waals surface area contributed by atoms with Crippen molar-refractivity contribution in [2.24, 2.45) is 5.92 Å². The standard InChI is InChI=1S/C17H22O3/c18-16(14-5-4-10-20-13-14)17(8-11-19-12-9-17)15-6-2-1-3-7-15/h1-3,6-7,14H,4-5,8-13H2. The van der Waals surface area contributed by atoms with Gasteiger partial charge in [0.15, 0.2) is 0 Å². The maximum Gasteiger partial charge on any atom is 0.148 e. The van der Waals surface area contributed by atoms with Crippen LogP contribution in [0.3, 0.4) is 0 Å². The van der Waals surface area contributed by atoms with Crippen LogP contribution in [0.5, 0.6) is 0 Å². The number of benzene rings is 1. The summed E-state index contributed by atoms with van der Waals surface area (Å²) in [5.41, 5.74) is 0.795. The summed E-state index contributed by atoms with van der Waals surface area (Å²) in [5.74, 6) is 0.425. The van der Waals surface area contributed by atoms with E-state index in [-0.39, 0.29) is 11.3 Å². The van der Waals surface area contributed by atoms with Crippen molar-refractivity contribution in [2.45, 2.75) is 31.1 Å². The van der Waals surface area contributed by atoms with Gasteiger partial charge in [-0.25, -0.2) is 0 Å². The molecule has 0 bridgehead atoms. The van der Waals surface area contributed by atoms with E-state index >= 15 is 0 Å². The summed E-state index contributed by atoms with van der Waals surface area (Å²) in [6, 6.07) is 10.2. The Hall–Kier alpha value is -1.19. The van der Waals surface area contributed by atoms with E-state index in [0.717, 1.165) is 37.9 Å². The van der Waals surface area contributed by atoms with Crippen molar-refractivity contribution in [3.63, 3.8) is 0 Å². The summed E-state index contributed by atoms with van der Waals surface area (Å²) >= 11 is 0. The Morgan fingerprint density at radius 2 is 1.80 bits per heavy atom. The third-order valence-electron chi connectivity index (χ3n) is 4.68. The van der Waals surface area contributed by atoms with Gasteiger partial charge in [-0.2, -0.15) is 0 Å². The lowest BCUT2D eigenvalue weighted by atomic mass is 9.67. The molecule has 3 nitrogen and oxygen atoms in total. The molecular formula is C17H22O3. The fourth-order valence-electron chi connectivity index (χ4n) is 3.49. The lowest BCUT2D eigenvalue weighted by molar-refractivity contribution is -0.136. The number of hydrogen-bond acceptors (Lipinski definition) is 3. The third-order valence-corrected chi connectivity index (χ3v) is 4.68. The van der Waals surface area contributed by atoms with Gasteiger partial charge in [0.2, 0.25) is 0 Å². The Kier molecular flexibility index (Phi) is 4.18. The van der Waals surface area contributed by atoms with E-state index in [4.69, 9.17) is 9.47 Å². The third kappa shape index (κ3) is 2.52. The molecular weight excluding hydrogens is 252 g/mol. The molecule has 3 heteroatoms. The molecule has 0 N–H and O–H groups in total. The van der Waals surface area contributed by atoms with Gasteiger partial charge in [-0.05, 0) is 31.2 Å². The van der Waals surface area contributed by atoms with Crippen molar-refractivity contribution in [3.05, 3.63) is 35.9 Å². The first-order chi connectivity index (χ1) is 9.83. The zero-order chi connectivity index (χ0) is 13.8. The summed E-state index contributed by atoms with van der Waals surface area (Å²) in [5, 5.41) is 0. The minimum absolute atomic E-state index is 0.0575. The van der Waals surface area contributed by atoms with Crippen molar-refractivity contribution < 1.29 is 14.3 Å². The van der Waals surface area contributed by atoms with Crippen molar-refractivity contribution in [2.75, 3.05) is 26.4 Å². The van der Waals surface area contributed by atoms with E-state index in [1.807, 2.05) is 18.2 Å². The highest BCUT2D eigenvalue weighted by atomic mass is 16.5. The van der Waals surface area contributed by atoms with E-state index in [2.05, 4.69) is 12.1 Å². The van der Waals surface area contributed by atoms with Crippen LogP contribution >= 0.6 is 0 Å². The van der Waals surface area contributed by atoms with E-state index in [1.165, 1.54) is 0 Å². The molecule has 108 valence electrons. The molecule has 2 fully saturated rings. The molecule has 1 atom stereocenters. The van der Waals surface area contributed by atoms with Gasteiger partial charge < -0.3 is 9.47 Å². The predicted octanol–water partition coefficient (Wildman–Crippen LogP) is 2.73. The van der Waals surface area contributed by atoms with Gasteiger partial charge in [0.05, 0.1) is 12.0 Å². The van der Waals surface area contributed by atoms with E-state index in [9.17, 15) is 4.79 Å². The Bertz CT molecular complexity index is 443. The van der Waals surface area contributed by atoms with Crippen LogP contribution in [0, 0.1) is 5.92 Å². The molecule has 0 radical (unpaired) electrons.